The molecule has 0 aliphatic heterocycles. The zero-order valence-electron chi connectivity index (χ0n) is 14.1. The minimum atomic E-state index is 0.106. The van der Waals surface area contributed by atoms with Gasteiger partial charge in [-0.2, -0.15) is 0 Å². The summed E-state index contributed by atoms with van der Waals surface area (Å²) in [5.74, 6) is 0.404. The van der Waals surface area contributed by atoms with Crippen LogP contribution >= 0.6 is 11.8 Å². The van der Waals surface area contributed by atoms with Gasteiger partial charge in [-0.15, -0.1) is 11.8 Å². The summed E-state index contributed by atoms with van der Waals surface area (Å²) in [5, 5.41) is 11.7. The Hall–Kier alpha value is -1.26. The van der Waals surface area contributed by atoms with Crippen molar-refractivity contribution in [3.8, 4) is 0 Å². The topological polar surface area (TPSA) is 38.0 Å². The second-order valence-electron chi connectivity index (χ2n) is 6.20. The van der Waals surface area contributed by atoms with Crippen LogP contribution in [0.2, 0.25) is 0 Å². The van der Waals surface area contributed by atoms with Gasteiger partial charge in [0.25, 0.3) is 0 Å². The van der Waals surface area contributed by atoms with Crippen LogP contribution in [-0.4, -0.2) is 19.9 Å². The molecule has 0 unspecified atom stereocenters. The molecule has 2 rings (SSSR count). The largest absolute Gasteiger partial charge is 0.392 e. The van der Waals surface area contributed by atoms with Gasteiger partial charge >= 0.3 is 0 Å². The second-order valence-corrected chi connectivity index (χ2v) is 7.77. The SMILES string of the molecule is Cc1c(CO)c(C(C)C)c(SC(C)C)n1Cc1ccncc1. The van der Waals surface area contributed by atoms with Crippen molar-refractivity contribution >= 4 is 11.8 Å². The van der Waals surface area contributed by atoms with E-state index in [1.165, 1.54) is 21.8 Å². The molecule has 0 aliphatic carbocycles. The van der Waals surface area contributed by atoms with E-state index in [1.54, 1.807) is 0 Å². The summed E-state index contributed by atoms with van der Waals surface area (Å²) in [6, 6.07) is 4.11. The first kappa shape index (κ1) is 17.1. The maximum Gasteiger partial charge on any atom is 0.0794 e. The third kappa shape index (κ3) is 3.55. The molecule has 0 aromatic carbocycles. The van der Waals surface area contributed by atoms with Gasteiger partial charge in [0.2, 0.25) is 0 Å². The molecule has 0 fully saturated rings. The van der Waals surface area contributed by atoms with Gasteiger partial charge in [0.1, 0.15) is 0 Å². The van der Waals surface area contributed by atoms with E-state index in [0.29, 0.717) is 11.2 Å². The predicted octanol–water partition coefficient (Wildman–Crippen LogP) is 4.36. The van der Waals surface area contributed by atoms with Crippen LogP contribution in [0.25, 0.3) is 0 Å². The summed E-state index contributed by atoms with van der Waals surface area (Å²) < 4.78 is 2.35. The van der Waals surface area contributed by atoms with Crippen molar-refractivity contribution in [3.63, 3.8) is 0 Å². The lowest BCUT2D eigenvalue weighted by molar-refractivity contribution is 0.279. The minimum absolute atomic E-state index is 0.106. The Labute approximate surface area is 137 Å². The fraction of sp³-hybridized carbons (Fsp3) is 0.500. The zero-order valence-corrected chi connectivity index (χ0v) is 14.9. The number of rotatable bonds is 6. The van der Waals surface area contributed by atoms with E-state index in [9.17, 15) is 5.11 Å². The summed E-state index contributed by atoms with van der Waals surface area (Å²) in [5.41, 5.74) is 4.80. The van der Waals surface area contributed by atoms with E-state index < -0.39 is 0 Å². The second kappa shape index (κ2) is 7.34. The Balaban J connectivity index is 2.55. The van der Waals surface area contributed by atoms with Crippen LogP contribution in [0.5, 0.6) is 0 Å². The van der Waals surface area contributed by atoms with Gasteiger partial charge in [-0.3, -0.25) is 4.98 Å². The van der Waals surface area contributed by atoms with Gasteiger partial charge in [0.05, 0.1) is 11.6 Å². The number of nitrogens with zero attached hydrogens (tertiary/aromatic N) is 2. The highest BCUT2D eigenvalue weighted by atomic mass is 32.2. The van der Waals surface area contributed by atoms with Crippen LogP contribution in [0, 0.1) is 6.92 Å². The average molecular weight is 318 g/mol. The lowest BCUT2D eigenvalue weighted by atomic mass is 10.0. The number of aliphatic hydroxyl groups excluding tert-OH is 1. The quantitative estimate of drug-likeness (QED) is 0.804. The molecule has 22 heavy (non-hydrogen) atoms. The van der Waals surface area contributed by atoms with Crippen molar-refractivity contribution in [2.24, 2.45) is 0 Å². The van der Waals surface area contributed by atoms with E-state index in [0.717, 1.165) is 12.1 Å². The number of aliphatic hydroxyl groups is 1. The molecular weight excluding hydrogens is 292 g/mol. The van der Waals surface area contributed by atoms with E-state index >= 15 is 0 Å². The van der Waals surface area contributed by atoms with Crippen LogP contribution in [-0.2, 0) is 13.2 Å². The first-order chi connectivity index (χ1) is 10.5. The molecule has 0 bridgehead atoms. The van der Waals surface area contributed by atoms with Crippen molar-refractivity contribution in [3.05, 3.63) is 46.9 Å². The van der Waals surface area contributed by atoms with Gasteiger partial charge < -0.3 is 9.67 Å². The monoisotopic (exact) mass is 318 g/mol. The highest BCUT2D eigenvalue weighted by molar-refractivity contribution is 7.99. The Kier molecular flexibility index (Phi) is 5.70. The Morgan fingerprint density at radius 1 is 1.18 bits per heavy atom. The first-order valence-electron chi connectivity index (χ1n) is 7.84. The first-order valence-corrected chi connectivity index (χ1v) is 8.71. The van der Waals surface area contributed by atoms with Gasteiger partial charge in [-0.1, -0.05) is 27.7 Å². The third-order valence-electron chi connectivity index (χ3n) is 3.82. The van der Waals surface area contributed by atoms with Gasteiger partial charge in [-0.25, -0.2) is 0 Å². The molecule has 3 nitrogen and oxygen atoms in total. The molecule has 0 saturated heterocycles. The molecule has 1 N–H and O–H groups in total. The van der Waals surface area contributed by atoms with Crippen molar-refractivity contribution in [1.29, 1.82) is 0 Å². The molecule has 2 aromatic heterocycles. The van der Waals surface area contributed by atoms with E-state index in [2.05, 4.69) is 56.3 Å². The molecule has 0 spiro atoms. The lowest BCUT2D eigenvalue weighted by Gasteiger charge is -2.16. The average Bonchev–Trinajstić information content (AvgIpc) is 2.72. The molecule has 0 radical (unpaired) electrons. The smallest absolute Gasteiger partial charge is 0.0794 e. The maximum atomic E-state index is 9.85. The van der Waals surface area contributed by atoms with Crippen LogP contribution in [0.4, 0.5) is 0 Å². The molecule has 0 amide bonds. The Bertz CT molecular complexity index is 618. The maximum absolute atomic E-state index is 9.85. The summed E-state index contributed by atoms with van der Waals surface area (Å²) in [7, 11) is 0. The van der Waals surface area contributed by atoms with E-state index in [-0.39, 0.29) is 6.61 Å². The van der Waals surface area contributed by atoms with Gasteiger partial charge in [0, 0.05) is 35.4 Å². The molecule has 4 heteroatoms. The molecule has 2 aromatic rings. The molecular formula is C18H26N2OS. The normalized spacial score (nSPS) is 11.6. The lowest BCUT2D eigenvalue weighted by Crippen LogP contribution is -2.05. The predicted molar refractivity (Wildman–Crippen MR) is 93.5 cm³/mol. The zero-order chi connectivity index (χ0) is 16.3. The minimum Gasteiger partial charge on any atom is -0.392 e. The molecule has 120 valence electrons. The number of pyridine rings is 1. The number of thioether (sulfide) groups is 1. The highest BCUT2D eigenvalue weighted by Gasteiger charge is 2.23. The van der Waals surface area contributed by atoms with Crippen LogP contribution in [0.15, 0.2) is 29.6 Å². The highest BCUT2D eigenvalue weighted by Crippen LogP contribution is 2.38. The number of hydrogen-bond donors (Lipinski definition) is 1. The molecule has 0 saturated carbocycles. The van der Waals surface area contributed by atoms with Crippen molar-refractivity contribution in [1.82, 2.24) is 9.55 Å². The van der Waals surface area contributed by atoms with Crippen molar-refractivity contribution < 1.29 is 5.11 Å². The standard InChI is InChI=1S/C18H26N2OS/c1-12(2)17-16(11-21)14(5)20(18(17)22-13(3)4)10-15-6-8-19-9-7-15/h6-9,12-13,21H,10-11H2,1-5H3. The van der Waals surface area contributed by atoms with Crippen molar-refractivity contribution in [2.45, 2.75) is 64.0 Å². The van der Waals surface area contributed by atoms with Crippen LogP contribution < -0.4 is 0 Å². The fourth-order valence-corrected chi connectivity index (χ4v) is 4.05. The molecule has 0 atom stereocenters. The Morgan fingerprint density at radius 3 is 2.32 bits per heavy atom. The fourth-order valence-electron chi connectivity index (χ4n) is 2.79. The number of hydrogen-bond acceptors (Lipinski definition) is 3. The summed E-state index contributed by atoms with van der Waals surface area (Å²) in [4.78, 5) is 4.09. The van der Waals surface area contributed by atoms with Gasteiger partial charge in [-0.05, 0) is 36.1 Å². The summed E-state index contributed by atoms with van der Waals surface area (Å²) in [6.07, 6.45) is 3.67. The summed E-state index contributed by atoms with van der Waals surface area (Å²) >= 11 is 1.89. The Morgan fingerprint density at radius 2 is 1.82 bits per heavy atom. The third-order valence-corrected chi connectivity index (χ3v) is 4.95. The molecule has 2 heterocycles. The van der Waals surface area contributed by atoms with E-state index in [4.69, 9.17) is 0 Å². The van der Waals surface area contributed by atoms with Gasteiger partial charge in [0.15, 0.2) is 0 Å². The number of aromatic nitrogens is 2. The summed E-state index contributed by atoms with van der Waals surface area (Å²) in [6.45, 7) is 11.9. The molecule has 0 aliphatic rings. The van der Waals surface area contributed by atoms with E-state index in [1.807, 2.05) is 24.2 Å². The van der Waals surface area contributed by atoms with Crippen LogP contribution in [0.3, 0.4) is 0 Å². The van der Waals surface area contributed by atoms with Crippen LogP contribution in [0.1, 0.15) is 56.0 Å². The van der Waals surface area contributed by atoms with Crippen molar-refractivity contribution in [2.75, 3.05) is 0 Å².